The number of rotatable bonds is 5. The highest BCUT2D eigenvalue weighted by molar-refractivity contribution is 8.18. The third-order valence-electron chi connectivity index (χ3n) is 3.82. The number of carbonyl (C=O) groups is 1. The predicted octanol–water partition coefficient (Wildman–Crippen LogP) is 4.99. The topological polar surface area (TPSA) is 58.2 Å². The molecule has 0 spiro atoms. The minimum Gasteiger partial charge on any atom is -0.467 e. The molecule has 3 aromatic rings. The van der Waals surface area contributed by atoms with Gasteiger partial charge >= 0.3 is 0 Å². The largest absolute Gasteiger partial charge is 0.467 e. The van der Waals surface area contributed by atoms with E-state index in [-0.39, 0.29) is 18.3 Å². The SMILES string of the molecule is O=C1/C(=C/c2cccs2)S/C(=N/N=C\c2ccc(F)cc2)N1Cc1ccco1. The van der Waals surface area contributed by atoms with Crippen molar-refractivity contribution >= 4 is 46.5 Å². The Labute approximate surface area is 168 Å². The Morgan fingerprint density at radius 3 is 2.71 bits per heavy atom. The van der Waals surface area contributed by atoms with Crippen molar-refractivity contribution in [2.24, 2.45) is 10.2 Å². The lowest BCUT2D eigenvalue weighted by atomic mass is 10.2. The quantitative estimate of drug-likeness (QED) is 0.338. The van der Waals surface area contributed by atoms with Crippen LogP contribution in [0.3, 0.4) is 0 Å². The number of nitrogens with zero attached hydrogens (tertiary/aromatic N) is 3. The molecule has 0 N–H and O–H groups in total. The van der Waals surface area contributed by atoms with Crippen LogP contribution in [0.5, 0.6) is 0 Å². The average molecular weight is 411 g/mol. The Kier molecular flexibility index (Phi) is 5.50. The standard InChI is InChI=1S/C20H14FN3O2S2/c21-15-7-5-14(6-8-15)12-22-23-20-24(13-16-3-1-9-26-16)19(25)18(28-20)11-17-4-2-10-27-17/h1-12H,13H2/b18-11-,22-12-,23-20+. The monoisotopic (exact) mass is 411 g/mol. The number of furan rings is 1. The Balaban J connectivity index is 1.60. The van der Waals surface area contributed by atoms with Crippen LogP contribution in [0.4, 0.5) is 4.39 Å². The van der Waals surface area contributed by atoms with Crippen LogP contribution >= 0.6 is 23.1 Å². The van der Waals surface area contributed by atoms with Crippen molar-refractivity contribution < 1.29 is 13.6 Å². The molecular formula is C20H14FN3O2S2. The van der Waals surface area contributed by atoms with Gasteiger partial charge in [-0.25, -0.2) is 4.39 Å². The Morgan fingerprint density at radius 1 is 1.14 bits per heavy atom. The van der Waals surface area contributed by atoms with Crippen LogP contribution in [0, 0.1) is 5.82 Å². The average Bonchev–Trinajstić information content (AvgIpc) is 3.44. The molecule has 140 valence electrons. The van der Waals surface area contributed by atoms with Crippen molar-refractivity contribution in [1.29, 1.82) is 0 Å². The minimum absolute atomic E-state index is 0.148. The van der Waals surface area contributed by atoms with Crippen LogP contribution in [-0.2, 0) is 11.3 Å². The highest BCUT2D eigenvalue weighted by atomic mass is 32.2. The number of hydrogen-bond acceptors (Lipinski definition) is 6. The first kappa shape index (κ1) is 18.4. The number of hydrogen-bond donors (Lipinski definition) is 0. The van der Waals surface area contributed by atoms with Crippen molar-refractivity contribution in [1.82, 2.24) is 4.90 Å². The van der Waals surface area contributed by atoms with E-state index in [1.807, 2.05) is 23.6 Å². The zero-order valence-electron chi connectivity index (χ0n) is 14.5. The van der Waals surface area contributed by atoms with Gasteiger partial charge < -0.3 is 4.42 Å². The lowest BCUT2D eigenvalue weighted by Crippen LogP contribution is -2.28. The predicted molar refractivity (Wildman–Crippen MR) is 111 cm³/mol. The Bertz CT molecular complexity index is 1040. The molecule has 5 nitrogen and oxygen atoms in total. The molecule has 1 aromatic carbocycles. The summed E-state index contributed by atoms with van der Waals surface area (Å²) in [5.41, 5.74) is 0.715. The zero-order valence-corrected chi connectivity index (χ0v) is 16.1. The van der Waals surface area contributed by atoms with E-state index in [4.69, 9.17) is 4.42 Å². The molecule has 0 bridgehead atoms. The minimum atomic E-state index is -0.312. The van der Waals surface area contributed by atoms with E-state index in [1.54, 1.807) is 41.9 Å². The molecule has 0 radical (unpaired) electrons. The lowest BCUT2D eigenvalue weighted by Gasteiger charge is -2.12. The van der Waals surface area contributed by atoms with E-state index in [9.17, 15) is 9.18 Å². The molecule has 28 heavy (non-hydrogen) atoms. The van der Waals surface area contributed by atoms with Crippen LogP contribution in [0.1, 0.15) is 16.2 Å². The summed E-state index contributed by atoms with van der Waals surface area (Å²) in [6.45, 7) is 0.269. The summed E-state index contributed by atoms with van der Waals surface area (Å²) >= 11 is 2.82. The number of halogens is 1. The number of amides is 1. The molecule has 0 saturated carbocycles. The third kappa shape index (κ3) is 4.29. The third-order valence-corrected chi connectivity index (χ3v) is 5.64. The van der Waals surface area contributed by atoms with Crippen molar-refractivity contribution in [2.75, 3.05) is 0 Å². The van der Waals surface area contributed by atoms with E-state index in [0.29, 0.717) is 21.4 Å². The first-order chi connectivity index (χ1) is 13.7. The van der Waals surface area contributed by atoms with Gasteiger partial charge in [0.25, 0.3) is 5.91 Å². The summed E-state index contributed by atoms with van der Waals surface area (Å²) in [4.78, 5) is 16.0. The normalized spacial score (nSPS) is 17.5. The highest BCUT2D eigenvalue weighted by Crippen LogP contribution is 2.34. The van der Waals surface area contributed by atoms with Gasteiger partial charge in [-0.15, -0.1) is 16.4 Å². The molecule has 0 unspecified atom stereocenters. The van der Waals surface area contributed by atoms with E-state index >= 15 is 0 Å². The smallest absolute Gasteiger partial charge is 0.267 e. The number of amidine groups is 1. The second-order valence-electron chi connectivity index (χ2n) is 5.78. The van der Waals surface area contributed by atoms with E-state index in [2.05, 4.69) is 10.2 Å². The van der Waals surface area contributed by atoms with Crippen LogP contribution in [-0.4, -0.2) is 22.2 Å². The Morgan fingerprint density at radius 2 is 2.00 bits per heavy atom. The molecule has 4 rings (SSSR count). The number of benzene rings is 1. The van der Waals surface area contributed by atoms with E-state index in [1.165, 1.54) is 35.0 Å². The molecule has 1 aliphatic heterocycles. The fraction of sp³-hybridized carbons (Fsp3) is 0.0500. The fourth-order valence-corrected chi connectivity index (χ4v) is 4.13. The first-order valence-electron chi connectivity index (χ1n) is 8.33. The van der Waals surface area contributed by atoms with E-state index in [0.717, 1.165) is 4.88 Å². The van der Waals surface area contributed by atoms with Gasteiger partial charge in [0.15, 0.2) is 5.17 Å². The van der Waals surface area contributed by atoms with Crippen molar-refractivity contribution in [3.63, 3.8) is 0 Å². The fourth-order valence-electron chi connectivity index (χ4n) is 2.48. The molecule has 2 aromatic heterocycles. The van der Waals surface area contributed by atoms with Gasteiger partial charge in [0.1, 0.15) is 11.6 Å². The van der Waals surface area contributed by atoms with Gasteiger partial charge in [0.05, 0.1) is 23.9 Å². The van der Waals surface area contributed by atoms with Gasteiger partial charge in [-0.1, -0.05) is 18.2 Å². The summed E-state index contributed by atoms with van der Waals surface area (Å²) in [7, 11) is 0. The Hall–Kier alpha value is -2.97. The summed E-state index contributed by atoms with van der Waals surface area (Å²) < 4.78 is 18.4. The van der Waals surface area contributed by atoms with Gasteiger partial charge in [-0.2, -0.15) is 5.10 Å². The van der Waals surface area contributed by atoms with Crippen LogP contribution in [0.15, 0.2) is 79.7 Å². The van der Waals surface area contributed by atoms with E-state index < -0.39 is 0 Å². The molecular weight excluding hydrogens is 397 g/mol. The molecule has 0 atom stereocenters. The zero-order chi connectivity index (χ0) is 19.3. The summed E-state index contributed by atoms with van der Waals surface area (Å²) in [6.07, 6.45) is 4.93. The second kappa shape index (κ2) is 8.37. The number of thiophene rings is 1. The number of thioether (sulfide) groups is 1. The van der Waals surface area contributed by atoms with Crippen molar-refractivity contribution in [3.05, 3.63) is 87.1 Å². The molecule has 1 aliphatic rings. The molecule has 1 amide bonds. The second-order valence-corrected chi connectivity index (χ2v) is 7.76. The number of carbonyl (C=O) groups excluding carboxylic acids is 1. The lowest BCUT2D eigenvalue weighted by molar-refractivity contribution is -0.122. The summed E-state index contributed by atoms with van der Waals surface area (Å²) in [6, 6.07) is 13.4. The summed E-state index contributed by atoms with van der Waals surface area (Å²) in [5, 5.41) is 10.7. The van der Waals surface area contributed by atoms with Crippen LogP contribution in [0.2, 0.25) is 0 Å². The van der Waals surface area contributed by atoms with Gasteiger partial charge in [0.2, 0.25) is 0 Å². The summed E-state index contributed by atoms with van der Waals surface area (Å²) in [5.74, 6) is 0.195. The molecule has 1 fully saturated rings. The maximum absolute atomic E-state index is 13.0. The maximum Gasteiger partial charge on any atom is 0.267 e. The molecule has 1 saturated heterocycles. The maximum atomic E-state index is 13.0. The van der Waals surface area contributed by atoms with Crippen LogP contribution in [0.25, 0.3) is 6.08 Å². The van der Waals surface area contributed by atoms with Crippen molar-refractivity contribution in [2.45, 2.75) is 6.54 Å². The molecule has 3 heterocycles. The van der Waals surface area contributed by atoms with Crippen molar-refractivity contribution in [3.8, 4) is 0 Å². The first-order valence-corrected chi connectivity index (χ1v) is 10.0. The van der Waals surface area contributed by atoms with Gasteiger partial charge in [0, 0.05) is 4.88 Å². The highest BCUT2D eigenvalue weighted by Gasteiger charge is 2.34. The molecule has 8 heteroatoms. The van der Waals surface area contributed by atoms with Gasteiger partial charge in [-0.3, -0.25) is 9.69 Å². The van der Waals surface area contributed by atoms with Gasteiger partial charge in [-0.05, 0) is 59.1 Å². The van der Waals surface area contributed by atoms with Crippen LogP contribution < -0.4 is 0 Å². The molecule has 0 aliphatic carbocycles.